The highest BCUT2D eigenvalue weighted by Crippen LogP contribution is 2.26. The SMILES string of the molecule is COc1ccc(C(O)c2ccc(C#N)cc2)cc1F. The molecule has 0 aliphatic rings. The van der Waals surface area contributed by atoms with Crippen LogP contribution in [-0.4, -0.2) is 12.2 Å². The molecule has 0 bridgehead atoms. The fraction of sp³-hybridized carbons (Fsp3) is 0.133. The lowest BCUT2D eigenvalue weighted by molar-refractivity contribution is 0.219. The van der Waals surface area contributed by atoms with Gasteiger partial charge in [-0.05, 0) is 35.4 Å². The molecule has 0 aliphatic heterocycles. The first-order valence-electron chi connectivity index (χ1n) is 5.67. The molecule has 2 aromatic rings. The van der Waals surface area contributed by atoms with Crippen LogP contribution in [0.3, 0.4) is 0 Å². The van der Waals surface area contributed by atoms with Crippen molar-refractivity contribution in [1.82, 2.24) is 0 Å². The van der Waals surface area contributed by atoms with Gasteiger partial charge in [-0.15, -0.1) is 0 Å². The molecule has 96 valence electrons. The van der Waals surface area contributed by atoms with Crippen LogP contribution in [0.5, 0.6) is 5.75 Å². The summed E-state index contributed by atoms with van der Waals surface area (Å²) in [6.07, 6.45) is -0.937. The van der Waals surface area contributed by atoms with Crippen molar-refractivity contribution in [2.24, 2.45) is 0 Å². The molecule has 1 unspecified atom stereocenters. The van der Waals surface area contributed by atoms with Crippen LogP contribution in [0, 0.1) is 17.1 Å². The predicted molar refractivity (Wildman–Crippen MR) is 68.2 cm³/mol. The maximum Gasteiger partial charge on any atom is 0.165 e. The van der Waals surface area contributed by atoms with Gasteiger partial charge in [0.25, 0.3) is 0 Å². The number of aliphatic hydroxyl groups is 1. The van der Waals surface area contributed by atoms with E-state index in [0.717, 1.165) is 0 Å². The first-order valence-corrected chi connectivity index (χ1v) is 5.67. The molecule has 1 N–H and O–H groups in total. The highest BCUT2D eigenvalue weighted by atomic mass is 19.1. The molecule has 4 heteroatoms. The summed E-state index contributed by atoms with van der Waals surface area (Å²) in [5, 5.41) is 18.9. The number of halogens is 1. The van der Waals surface area contributed by atoms with Crippen molar-refractivity contribution in [2.45, 2.75) is 6.10 Å². The Morgan fingerprint density at radius 1 is 1.16 bits per heavy atom. The van der Waals surface area contributed by atoms with E-state index in [4.69, 9.17) is 10.00 Å². The van der Waals surface area contributed by atoms with Crippen LogP contribution >= 0.6 is 0 Å². The molecule has 3 nitrogen and oxygen atoms in total. The number of aliphatic hydroxyl groups excluding tert-OH is 1. The first kappa shape index (κ1) is 13.1. The van der Waals surface area contributed by atoms with E-state index < -0.39 is 11.9 Å². The zero-order valence-electron chi connectivity index (χ0n) is 10.3. The zero-order chi connectivity index (χ0) is 13.8. The third-order valence-electron chi connectivity index (χ3n) is 2.85. The molecule has 2 aromatic carbocycles. The molecular formula is C15H12FNO2. The Labute approximate surface area is 110 Å². The minimum atomic E-state index is -0.937. The Balaban J connectivity index is 2.30. The van der Waals surface area contributed by atoms with Crippen molar-refractivity contribution < 1.29 is 14.2 Å². The molecule has 0 saturated carbocycles. The Hall–Kier alpha value is -2.38. The molecule has 0 spiro atoms. The number of rotatable bonds is 3. The molecule has 0 heterocycles. The fourth-order valence-corrected chi connectivity index (χ4v) is 1.79. The van der Waals surface area contributed by atoms with Gasteiger partial charge in [-0.1, -0.05) is 18.2 Å². The summed E-state index contributed by atoms with van der Waals surface area (Å²) in [4.78, 5) is 0. The molecule has 0 aromatic heterocycles. The van der Waals surface area contributed by atoms with Gasteiger partial charge in [0.05, 0.1) is 18.7 Å². The number of hydrogen-bond donors (Lipinski definition) is 1. The van der Waals surface area contributed by atoms with E-state index in [1.165, 1.54) is 19.2 Å². The normalized spacial score (nSPS) is 11.7. The average molecular weight is 257 g/mol. The van der Waals surface area contributed by atoms with Crippen molar-refractivity contribution in [3.05, 3.63) is 65.0 Å². The van der Waals surface area contributed by atoms with E-state index in [1.54, 1.807) is 30.3 Å². The average Bonchev–Trinajstić information content (AvgIpc) is 2.46. The smallest absolute Gasteiger partial charge is 0.165 e. The van der Waals surface area contributed by atoms with Gasteiger partial charge in [0.1, 0.15) is 6.10 Å². The van der Waals surface area contributed by atoms with Crippen LogP contribution in [0.15, 0.2) is 42.5 Å². The highest BCUT2D eigenvalue weighted by molar-refractivity contribution is 5.38. The zero-order valence-corrected chi connectivity index (χ0v) is 10.3. The molecule has 0 radical (unpaired) electrons. The van der Waals surface area contributed by atoms with E-state index in [-0.39, 0.29) is 5.75 Å². The van der Waals surface area contributed by atoms with E-state index in [9.17, 15) is 9.50 Å². The van der Waals surface area contributed by atoms with Gasteiger partial charge in [-0.2, -0.15) is 5.26 Å². The van der Waals surface area contributed by atoms with Gasteiger partial charge in [-0.3, -0.25) is 0 Å². The lowest BCUT2D eigenvalue weighted by atomic mass is 10.0. The monoisotopic (exact) mass is 257 g/mol. The Kier molecular flexibility index (Phi) is 3.79. The molecule has 0 amide bonds. The van der Waals surface area contributed by atoms with Crippen molar-refractivity contribution in [3.63, 3.8) is 0 Å². The third kappa shape index (κ3) is 2.72. The molecule has 1 atom stereocenters. The lowest BCUT2D eigenvalue weighted by Gasteiger charge is -2.12. The number of benzene rings is 2. The summed E-state index contributed by atoms with van der Waals surface area (Å²) < 4.78 is 18.4. The number of methoxy groups -OCH3 is 1. The van der Waals surface area contributed by atoms with E-state index in [1.807, 2.05) is 6.07 Å². The van der Waals surface area contributed by atoms with Crippen LogP contribution in [0.4, 0.5) is 4.39 Å². The predicted octanol–water partition coefficient (Wildman–Crippen LogP) is 2.79. The van der Waals surface area contributed by atoms with Crippen LogP contribution in [0.25, 0.3) is 0 Å². The van der Waals surface area contributed by atoms with Crippen LogP contribution in [0.2, 0.25) is 0 Å². The maximum absolute atomic E-state index is 13.6. The largest absolute Gasteiger partial charge is 0.494 e. The standard InChI is InChI=1S/C15H12FNO2/c1-19-14-7-6-12(8-13(14)16)15(18)11-4-2-10(9-17)3-5-11/h2-8,15,18H,1H3. The number of nitriles is 1. The molecule has 0 saturated heterocycles. The maximum atomic E-state index is 13.6. The van der Waals surface area contributed by atoms with Gasteiger partial charge in [0, 0.05) is 0 Å². The second-order valence-corrected chi connectivity index (χ2v) is 4.03. The van der Waals surface area contributed by atoms with Crippen molar-refractivity contribution in [2.75, 3.05) is 7.11 Å². The minimum absolute atomic E-state index is 0.135. The van der Waals surface area contributed by atoms with Crippen molar-refractivity contribution in [3.8, 4) is 11.8 Å². The van der Waals surface area contributed by atoms with Crippen LogP contribution in [0.1, 0.15) is 22.8 Å². The van der Waals surface area contributed by atoms with Crippen LogP contribution < -0.4 is 4.74 Å². The summed E-state index contributed by atoms with van der Waals surface area (Å²) in [6, 6.07) is 12.8. The highest BCUT2D eigenvalue weighted by Gasteiger charge is 2.13. The number of nitrogens with zero attached hydrogens (tertiary/aromatic N) is 1. The Morgan fingerprint density at radius 3 is 2.32 bits per heavy atom. The molecule has 0 aliphatic carbocycles. The Morgan fingerprint density at radius 2 is 1.79 bits per heavy atom. The third-order valence-corrected chi connectivity index (χ3v) is 2.85. The van der Waals surface area contributed by atoms with Gasteiger partial charge in [0.15, 0.2) is 11.6 Å². The van der Waals surface area contributed by atoms with Crippen molar-refractivity contribution >= 4 is 0 Å². The second-order valence-electron chi connectivity index (χ2n) is 4.03. The summed E-state index contributed by atoms with van der Waals surface area (Å²) in [5.41, 5.74) is 1.54. The Bertz CT molecular complexity index is 617. The fourth-order valence-electron chi connectivity index (χ4n) is 1.79. The van der Waals surface area contributed by atoms with Gasteiger partial charge in [-0.25, -0.2) is 4.39 Å². The summed E-state index contributed by atoms with van der Waals surface area (Å²) in [6.45, 7) is 0. The van der Waals surface area contributed by atoms with E-state index in [2.05, 4.69) is 0 Å². The molecular weight excluding hydrogens is 245 g/mol. The molecule has 0 fully saturated rings. The molecule has 2 rings (SSSR count). The second kappa shape index (κ2) is 5.51. The lowest BCUT2D eigenvalue weighted by Crippen LogP contribution is -2.01. The quantitative estimate of drug-likeness (QED) is 0.919. The van der Waals surface area contributed by atoms with Crippen molar-refractivity contribution in [1.29, 1.82) is 5.26 Å². The first-order chi connectivity index (χ1) is 9.15. The van der Waals surface area contributed by atoms with Gasteiger partial charge >= 0.3 is 0 Å². The summed E-state index contributed by atoms with van der Waals surface area (Å²) in [7, 11) is 1.38. The van der Waals surface area contributed by atoms with E-state index in [0.29, 0.717) is 16.7 Å². The van der Waals surface area contributed by atoms with Crippen LogP contribution in [-0.2, 0) is 0 Å². The van der Waals surface area contributed by atoms with E-state index >= 15 is 0 Å². The van der Waals surface area contributed by atoms with Gasteiger partial charge in [0.2, 0.25) is 0 Å². The number of hydrogen-bond acceptors (Lipinski definition) is 3. The summed E-state index contributed by atoms with van der Waals surface area (Å²) >= 11 is 0. The topological polar surface area (TPSA) is 53.2 Å². The summed E-state index contributed by atoms with van der Waals surface area (Å²) in [5.74, 6) is -0.386. The van der Waals surface area contributed by atoms with Gasteiger partial charge < -0.3 is 9.84 Å². The number of ether oxygens (including phenoxy) is 1. The minimum Gasteiger partial charge on any atom is -0.494 e. The molecule has 19 heavy (non-hydrogen) atoms.